The first kappa shape index (κ1) is 29.5. The highest BCUT2D eigenvalue weighted by Gasteiger charge is 2.29. The third-order valence-electron chi connectivity index (χ3n) is 8.22. The van der Waals surface area contributed by atoms with Gasteiger partial charge in [-0.3, -0.25) is 9.59 Å². The summed E-state index contributed by atoms with van der Waals surface area (Å²) in [5, 5.41) is 14.5. The summed E-state index contributed by atoms with van der Waals surface area (Å²) in [5.74, 6) is 0.622. The van der Waals surface area contributed by atoms with Crippen LogP contribution in [0.5, 0.6) is 11.5 Å². The molecule has 0 unspecified atom stereocenters. The van der Waals surface area contributed by atoms with Gasteiger partial charge in [0.15, 0.2) is 11.7 Å². The van der Waals surface area contributed by atoms with E-state index in [2.05, 4.69) is 29.0 Å². The molecule has 0 spiro atoms. The Morgan fingerprint density at radius 1 is 1.17 bits per heavy atom. The van der Waals surface area contributed by atoms with E-state index in [1.807, 2.05) is 32.9 Å². The normalized spacial score (nSPS) is 15.5. The molecule has 0 aliphatic carbocycles. The summed E-state index contributed by atoms with van der Waals surface area (Å²) in [6.07, 6.45) is 2.58. The lowest BCUT2D eigenvalue weighted by Crippen LogP contribution is -2.38. The molecule has 42 heavy (non-hydrogen) atoms. The minimum Gasteiger partial charge on any atom is -0.507 e. The molecule has 1 aliphatic rings. The molecule has 1 fully saturated rings. The molecule has 4 aromatic rings. The second-order valence-electron chi connectivity index (χ2n) is 11.8. The van der Waals surface area contributed by atoms with Crippen LogP contribution in [0.3, 0.4) is 0 Å². The first-order valence-electron chi connectivity index (χ1n) is 14.1. The lowest BCUT2D eigenvalue weighted by atomic mass is 9.82. The van der Waals surface area contributed by atoms with Crippen molar-refractivity contribution < 1.29 is 19.1 Å². The molecule has 8 nitrogen and oxygen atoms in total. The van der Waals surface area contributed by atoms with Gasteiger partial charge < -0.3 is 24.5 Å². The third-order valence-corrected chi connectivity index (χ3v) is 8.43. The van der Waals surface area contributed by atoms with Crippen molar-refractivity contribution in [2.75, 3.05) is 30.4 Å². The minimum atomic E-state index is -0.318. The summed E-state index contributed by atoms with van der Waals surface area (Å²) in [7, 11) is 1.43. The second-order valence-corrected chi connectivity index (χ2v) is 12.2. The van der Waals surface area contributed by atoms with Gasteiger partial charge in [-0.2, -0.15) is 0 Å². The number of aryl methyl sites for hydroxylation is 1. The van der Waals surface area contributed by atoms with Crippen molar-refractivity contribution >= 4 is 40.4 Å². The van der Waals surface area contributed by atoms with Crippen molar-refractivity contribution in [3.8, 4) is 22.8 Å². The topological polar surface area (TPSA) is 105 Å². The largest absolute Gasteiger partial charge is 0.507 e. The fraction of sp³-hybridized carbons (Fsp3) is 0.364. The fourth-order valence-corrected chi connectivity index (χ4v) is 5.82. The number of nitrogens with one attached hydrogen (secondary N) is 1. The Bertz CT molecular complexity index is 1740. The molecule has 5 rings (SSSR count). The number of hydrogen-bond donors (Lipinski definition) is 2. The van der Waals surface area contributed by atoms with Gasteiger partial charge in [-0.1, -0.05) is 31.5 Å². The van der Waals surface area contributed by atoms with Crippen LogP contribution >= 0.6 is 11.6 Å². The lowest BCUT2D eigenvalue weighted by molar-refractivity contribution is 0.111. The number of hydrogen-bond acceptors (Lipinski definition) is 8. The first-order valence-corrected chi connectivity index (χ1v) is 14.4. The Labute approximate surface area is 250 Å². The van der Waals surface area contributed by atoms with Crippen LogP contribution in [0.15, 0.2) is 45.6 Å². The van der Waals surface area contributed by atoms with E-state index in [0.29, 0.717) is 45.6 Å². The number of carbonyl (C=O) groups is 1. The minimum absolute atomic E-state index is 0.0197. The summed E-state index contributed by atoms with van der Waals surface area (Å²) in [5.41, 5.74) is 4.74. The highest BCUT2D eigenvalue weighted by atomic mass is 35.5. The van der Waals surface area contributed by atoms with Crippen molar-refractivity contribution in [1.29, 1.82) is 0 Å². The van der Waals surface area contributed by atoms with Crippen molar-refractivity contribution in [3.63, 3.8) is 0 Å². The maximum atomic E-state index is 13.6. The van der Waals surface area contributed by atoms with E-state index in [-0.39, 0.29) is 39.1 Å². The van der Waals surface area contributed by atoms with E-state index >= 15 is 0 Å². The van der Waals surface area contributed by atoms with E-state index < -0.39 is 0 Å². The summed E-state index contributed by atoms with van der Waals surface area (Å²) in [6, 6.07) is 10.1. The Morgan fingerprint density at radius 3 is 2.55 bits per heavy atom. The molecule has 2 aromatic heterocycles. The summed E-state index contributed by atoms with van der Waals surface area (Å²) >= 11 is 6.31. The number of aldehydes is 1. The zero-order chi connectivity index (χ0) is 30.3. The number of rotatable bonds is 7. The molecule has 2 N–H and O–H groups in total. The average molecular weight is 590 g/mol. The molecule has 1 aliphatic heterocycles. The summed E-state index contributed by atoms with van der Waals surface area (Å²) < 4.78 is 12.1. The summed E-state index contributed by atoms with van der Waals surface area (Å²) in [6.45, 7) is 12.0. The Morgan fingerprint density at radius 2 is 1.88 bits per heavy atom. The second kappa shape index (κ2) is 11.3. The molecule has 9 heteroatoms. The molecule has 0 amide bonds. The standard InChI is InChI=1S/C33H36ClN3O5/c1-18-15-22(31-23(16-18)29(40)19(2)32(42-31)37-13-11-33(4,5)12-14-37)20(3)35-25-8-10-27(34)36-28(25)21-7-9-26(39)24(17-38)30(21)41-6/h7-10,15-17,20,35,39H,11-14H2,1-6H3/t20-/m1/s1. The molecule has 0 bridgehead atoms. The smallest absolute Gasteiger partial charge is 0.202 e. The zero-order valence-electron chi connectivity index (χ0n) is 24.8. The molecule has 2 aromatic carbocycles. The number of halogens is 1. The highest BCUT2D eigenvalue weighted by Crippen LogP contribution is 2.41. The highest BCUT2D eigenvalue weighted by molar-refractivity contribution is 6.29. The van der Waals surface area contributed by atoms with E-state index in [1.54, 1.807) is 18.2 Å². The van der Waals surface area contributed by atoms with Crippen molar-refractivity contribution in [3.05, 3.63) is 74.0 Å². The van der Waals surface area contributed by atoms with Gasteiger partial charge in [0, 0.05) is 24.2 Å². The molecular weight excluding hydrogens is 554 g/mol. The number of benzene rings is 2. The van der Waals surface area contributed by atoms with Crippen LogP contribution in [0, 0.1) is 19.3 Å². The van der Waals surface area contributed by atoms with Crippen LogP contribution in [0.1, 0.15) is 66.7 Å². The summed E-state index contributed by atoms with van der Waals surface area (Å²) in [4.78, 5) is 32.1. The molecule has 1 atom stereocenters. The first-order chi connectivity index (χ1) is 19.9. The predicted octanol–water partition coefficient (Wildman–Crippen LogP) is 7.45. The van der Waals surface area contributed by atoms with Gasteiger partial charge >= 0.3 is 0 Å². The molecule has 0 saturated carbocycles. The molecule has 3 heterocycles. The Balaban J connectivity index is 1.60. The van der Waals surface area contributed by atoms with Crippen LogP contribution in [-0.2, 0) is 0 Å². The number of nitrogens with zero attached hydrogens (tertiary/aromatic N) is 2. The van der Waals surface area contributed by atoms with Crippen molar-refractivity contribution in [2.24, 2.45) is 5.41 Å². The van der Waals surface area contributed by atoms with E-state index in [4.69, 9.17) is 20.8 Å². The fourth-order valence-electron chi connectivity index (χ4n) is 5.67. The lowest BCUT2D eigenvalue weighted by Gasteiger charge is -2.37. The number of aromatic hydroxyl groups is 1. The molecular formula is C33H36ClN3O5. The van der Waals surface area contributed by atoms with Gasteiger partial charge in [0.1, 0.15) is 22.2 Å². The maximum Gasteiger partial charge on any atom is 0.202 e. The van der Waals surface area contributed by atoms with Crippen molar-refractivity contribution in [2.45, 2.75) is 53.5 Å². The van der Waals surface area contributed by atoms with Gasteiger partial charge in [0.05, 0.1) is 41.0 Å². The van der Waals surface area contributed by atoms with Gasteiger partial charge in [-0.25, -0.2) is 4.98 Å². The van der Waals surface area contributed by atoms with Crippen molar-refractivity contribution in [1.82, 2.24) is 4.98 Å². The van der Waals surface area contributed by atoms with E-state index in [9.17, 15) is 14.7 Å². The number of methoxy groups -OCH3 is 1. The third kappa shape index (κ3) is 5.43. The van der Waals surface area contributed by atoms with Gasteiger partial charge in [-0.15, -0.1) is 0 Å². The number of pyridine rings is 1. The number of piperidine rings is 1. The van der Waals surface area contributed by atoms with E-state index in [0.717, 1.165) is 37.1 Å². The SMILES string of the molecule is COc1c(-c2nc(Cl)ccc2N[C@H](C)c2cc(C)cc3c(=O)c(C)c(N4CCC(C)(C)CC4)oc23)ccc(O)c1C=O. The molecule has 0 radical (unpaired) electrons. The number of fused-ring (bicyclic) bond motifs is 1. The Kier molecular flexibility index (Phi) is 7.94. The number of carbonyl (C=O) groups excluding carboxylic acids is 1. The van der Waals surface area contributed by atoms with Gasteiger partial charge in [-0.05, 0) is 74.9 Å². The monoisotopic (exact) mass is 589 g/mol. The average Bonchev–Trinajstić information content (AvgIpc) is 2.95. The predicted molar refractivity (Wildman–Crippen MR) is 168 cm³/mol. The molecule has 1 saturated heterocycles. The number of phenolic OH excluding ortho intramolecular Hbond substituents is 1. The van der Waals surface area contributed by atoms with Crippen LogP contribution in [0.2, 0.25) is 5.15 Å². The van der Waals surface area contributed by atoms with Crippen LogP contribution < -0.4 is 20.4 Å². The zero-order valence-corrected chi connectivity index (χ0v) is 25.6. The quantitative estimate of drug-likeness (QED) is 0.169. The van der Waals surface area contributed by atoms with Crippen LogP contribution in [0.4, 0.5) is 11.6 Å². The maximum absolute atomic E-state index is 13.6. The van der Waals surface area contributed by atoms with E-state index in [1.165, 1.54) is 13.2 Å². The number of aromatic nitrogens is 1. The van der Waals surface area contributed by atoms with Gasteiger partial charge in [0.25, 0.3) is 0 Å². The number of ether oxygens (including phenoxy) is 1. The number of phenols is 1. The van der Waals surface area contributed by atoms with Crippen LogP contribution in [0.25, 0.3) is 22.2 Å². The Hall–Kier alpha value is -4.04. The number of anilines is 2. The molecule has 220 valence electrons. The van der Waals surface area contributed by atoms with Gasteiger partial charge in [0.2, 0.25) is 5.88 Å². The van der Waals surface area contributed by atoms with Crippen LogP contribution in [-0.4, -0.2) is 36.6 Å².